The molecule has 5 nitrogen and oxygen atoms in total. The lowest BCUT2D eigenvalue weighted by molar-refractivity contribution is -0.121. The largest absolute Gasteiger partial charge is 0.352 e. The van der Waals surface area contributed by atoms with Crippen LogP contribution in [0.5, 0.6) is 0 Å². The zero-order valence-corrected chi connectivity index (χ0v) is 17.2. The third-order valence-electron chi connectivity index (χ3n) is 4.11. The van der Waals surface area contributed by atoms with Gasteiger partial charge in [0.15, 0.2) is 0 Å². The third-order valence-corrected chi connectivity index (χ3v) is 6.88. The third kappa shape index (κ3) is 5.15. The van der Waals surface area contributed by atoms with Crippen molar-refractivity contribution in [2.45, 2.75) is 30.3 Å². The van der Waals surface area contributed by atoms with Crippen molar-refractivity contribution in [3.8, 4) is 0 Å². The number of sulfonamides is 1. The standard InChI is InChI=1S/C18H17Cl3N2O3S/c19-12-4-8-14(9-5-12)27(25,26)23(11-18(24)22-13-6-7-13)10-15-16(20)2-1-3-17(15)21/h1-5,8-9,13H,6-7,10-11H2,(H,22,24). The molecule has 0 radical (unpaired) electrons. The summed E-state index contributed by atoms with van der Waals surface area (Å²) >= 11 is 18.2. The summed E-state index contributed by atoms with van der Waals surface area (Å²) in [5, 5.41) is 3.89. The van der Waals surface area contributed by atoms with Gasteiger partial charge in [-0.15, -0.1) is 0 Å². The first kappa shape index (κ1) is 20.4. The summed E-state index contributed by atoms with van der Waals surface area (Å²) in [5.74, 6) is -0.363. The van der Waals surface area contributed by atoms with E-state index < -0.39 is 10.0 Å². The Bertz CT molecular complexity index is 925. The average Bonchev–Trinajstić information content (AvgIpc) is 3.41. The van der Waals surface area contributed by atoms with Gasteiger partial charge in [-0.05, 0) is 49.2 Å². The van der Waals surface area contributed by atoms with Crippen LogP contribution in [0.15, 0.2) is 47.4 Å². The van der Waals surface area contributed by atoms with Gasteiger partial charge in [0.25, 0.3) is 0 Å². The zero-order valence-electron chi connectivity index (χ0n) is 14.2. The summed E-state index contributed by atoms with van der Waals surface area (Å²) in [4.78, 5) is 12.3. The molecule has 0 aromatic heterocycles. The molecule has 1 amide bonds. The minimum atomic E-state index is -3.96. The maximum Gasteiger partial charge on any atom is 0.243 e. The highest BCUT2D eigenvalue weighted by Crippen LogP contribution is 2.28. The van der Waals surface area contributed by atoms with Crippen LogP contribution in [0.1, 0.15) is 18.4 Å². The zero-order chi connectivity index (χ0) is 19.6. The molecular weight excluding hydrogens is 431 g/mol. The molecule has 1 saturated carbocycles. The number of hydrogen-bond acceptors (Lipinski definition) is 3. The highest BCUT2D eigenvalue weighted by atomic mass is 35.5. The van der Waals surface area contributed by atoms with Crippen LogP contribution < -0.4 is 5.32 Å². The molecule has 9 heteroatoms. The Morgan fingerprint density at radius 1 is 1.04 bits per heavy atom. The first-order valence-corrected chi connectivity index (χ1v) is 10.8. The topological polar surface area (TPSA) is 66.5 Å². The van der Waals surface area contributed by atoms with Crippen molar-refractivity contribution < 1.29 is 13.2 Å². The fourth-order valence-corrected chi connectivity index (χ4v) is 4.51. The summed E-state index contributed by atoms with van der Waals surface area (Å²) < 4.78 is 27.3. The maximum absolute atomic E-state index is 13.1. The number of carbonyl (C=O) groups excluding carboxylic acids is 1. The van der Waals surface area contributed by atoms with Crippen LogP contribution in [-0.4, -0.2) is 31.2 Å². The molecule has 0 spiro atoms. The average molecular weight is 448 g/mol. The SMILES string of the molecule is O=C(CN(Cc1c(Cl)cccc1Cl)S(=O)(=O)c1ccc(Cl)cc1)NC1CC1. The Morgan fingerprint density at radius 2 is 1.63 bits per heavy atom. The Labute approximate surface area is 173 Å². The Hall–Kier alpha value is -1.31. The van der Waals surface area contributed by atoms with Crippen LogP contribution >= 0.6 is 34.8 Å². The molecule has 0 heterocycles. The number of hydrogen-bond donors (Lipinski definition) is 1. The van der Waals surface area contributed by atoms with Gasteiger partial charge in [-0.1, -0.05) is 40.9 Å². The lowest BCUT2D eigenvalue weighted by Gasteiger charge is -2.23. The molecule has 0 unspecified atom stereocenters. The second-order valence-corrected chi connectivity index (χ2v) is 9.46. The van der Waals surface area contributed by atoms with Gasteiger partial charge >= 0.3 is 0 Å². The summed E-state index contributed by atoms with van der Waals surface area (Å²) in [6, 6.07) is 10.8. The molecule has 1 aliphatic carbocycles. The van der Waals surface area contributed by atoms with E-state index in [2.05, 4.69) is 5.32 Å². The highest BCUT2D eigenvalue weighted by molar-refractivity contribution is 7.89. The van der Waals surface area contributed by atoms with Crippen molar-refractivity contribution in [1.82, 2.24) is 9.62 Å². The molecular formula is C18H17Cl3N2O3S. The van der Waals surface area contributed by atoms with Crippen LogP contribution in [0.25, 0.3) is 0 Å². The molecule has 1 N–H and O–H groups in total. The van der Waals surface area contributed by atoms with E-state index in [9.17, 15) is 13.2 Å². The lowest BCUT2D eigenvalue weighted by atomic mass is 10.2. The van der Waals surface area contributed by atoms with Gasteiger partial charge in [-0.2, -0.15) is 4.31 Å². The van der Waals surface area contributed by atoms with Crippen molar-refractivity contribution in [1.29, 1.82) is 0 Å². The van der Waals surface area contributed by atoms with Crippen LogP contribution in [0, 0.1) is 0 Å². The molecule has 2 aromatic rings. The van der Waals surface area contributed by atoms with E-state index in [1.54, 1.807) is 18.2 Å². The first-order valence-electron chi connectivity index (χ1n) is 8.25. The molecule has 27 heavy (non-hydrogen) atoms. The van der Waals surface area contributed by atoms with Crippen molar-refractivity contribution in [3.05, 3.63) is 63.1 Å². The number of amides is 1. The Balaban J connectivity index is 1.93. The smallest absolute Gasteiger partial charge is 0.243 e. The summed E-state index contributed by atoms with van der Waals surface area (Å²) in [6.45, 7) is -0.454. The van der Waals surface area contributed by atoms with E-state index in [4.69, 9.17) is 34.8 Å². The summed E-state index contributed by atoms with van der Waals surface area (Å²) in [5.41, 5.74) is 0.442. The fourth-order valence-electron chi connectivity index (χ4n) is 2.50. The van der Waals surface area contributed by atoms with Crippen LogP contribution in [-0.2, 0) is 21.4 Å². The fraction of sp³-hybridized carbons (Fsp3) is 0.278. The van der Waals surface area contributed by atoms with Crippen LogP contribution in [0.2, 0.25) is 15.1 Å². The summed E-state index contributed by atoms with van der Waals surface area (Å²) in [6.07, 6.45) is 1.82. The number of nitrogens with zero attached hydrogens (tertiary/aromatic N) is 1. The number of carbonyl (C=O) groups is 1. The van der Waals surface area contributed by atoms with Crippen LogP contribution in [0.3, 0.4) is 0 Å². The number of nitrogens with one attached hydrogen (secondary N) is 1. The monoisotopic (exact) mass is 446 g/mol. The van der Waals surface area contributed by atoms with Gasteiger partial charge in [-0.3, -0.25) is 4.79 Å². The number of halogens is 3. The first-order chi connectivity index (χ1) is 12.8. The van der Waals surface area contributed by atoms with E-state index >= 15 is 0 Å². The molecule has 0 bridgehead atoms. The second-order valence-electron chi connectivity index (χ2n) is 6.27. The minimum Gasteiger partial charge on any atom is -0.352 e. The minimum absolute atomic E-state index is 0.0364. The second kappa shape index (κ2) is 8.37. The van der Waals surface area contributed by atoms with E-state index in [1.165, 1.54) is 24.3 Å². The molecule has 1 aliphatic rings. The molecule has 1 fully saturated rings. The maximum atomic E-state index is 13.1. The normalized spacial score (nSPS) is 14.4. The molecule has 144 valence electrons. The van der Waals surface area contributed by atoms with Gasteiger partial charge < -0.3 is 5.32 Å². The molecule has 0 atom stereocenters. The van der Waals surface area contributed by atoms with Gasteiger partial charge in [-0.25, -0.2) is 8.42 Å². The van der Waals surface area contributed by atoms with E-state index in [0.29, 0.717) is 20.6 Å². The van der Waals surface area contributed by atoms with Gasteiger partial charge in [0, 0.05) is 33.2 Å². The van der Waals surface area contributed by atoms with Gasteiger partial charge in [0.05, 0.1) is 11.4 Å². The van der Waals surface area contributed by atoms with Crippen molar-refractivity contribution >= 4 is 50.7 Å². The molecule has 0 aliphatic heterocycles. The summed E-state index contributed by atoms with van der Waals surface area (Å²) in [7, 11) is -3.96. The lowest BCUT2D eigenvalue weighted by Crippen LogP contribution is -2.41. The van der Waals surface area contributed by atoms with E-state index in [0.717, 1.165) is 17.1 Å². The van der Waals surface area contributed by atoms with Gasteiger partial charge in [0.2, 0.25) is 15.9 Å². The van der Waals surface area contributed by atoms with E-state index in [1.807, 2.05) is 0 Å². The molecule has 0 saturated heterocycles. The predicted molar refractivity (Wildman–Crippen MR) is 107 cm³/mol. The number of rotatable bonds is 7. The van der Waals surface area contributed by atoms with Gasteiger partial charge in [0.1, 0.15) is 0 Å². The molecule has 2 aromatic carbocycles. The highest BCUT2D eigenvalue weighted by Gasteiger charge is 2.30. The van der Waals surface area contributed by atoms with Crippen LogP contribution in [0.4, 0.5) is 0 Å². The Kier molecular flexibility index (Phi) is 6.33. The Morgan fingerprint density at radius 3 is 2.19 bits per heavy atom. The van der Waals surface area contributed by atoms with Crippen molar-refractivity contribution in [3.63, 3.8) is 0 Å². The molecule has 3 rings (SSSR count). The van der Waals surface area contributed by atoms with Crippen molar-refractivity contribution in [2.24, 2.45) is 0 Å². The number of benzene rings is 2. The quantitative estimate of drug-likeness (QED) is 0.694. The predicted octanol–water partition coefficient (Wildman–Crippen LogP) is 4.12. The van der Waals surface area contributed by atoms with Crippen molar-refractivity contribution in [2.75, 3.05) is 6.54 Å². The van der Waals surface area contributed by atoms with E-state index in [-0.39, 0.29) is 29.9 Å².